The van der Waals surface area contributed by atoms with Gasteiger partial charge in [0.25, 0.3) is 11.8 Å². The van der Waals surface area contributed by atoms with Crippen molar-refractivity contribution in [3.05, 3.63) is 141 Å². The van der Waals surface area contributed by atoms with Crippen molar-refractivity contribution in [1.29, 1.82) is 0 Å². The molecule has 24 heteroatoms. The Morgan fingerprint density at radius 1 is 0.843 bits per heavy atom. The molecule has 0 bridgehead atoms. The van der Waals surface area contributed by atoms with E-state index in [1.807, 2.05) is 60.7 Å². The Morgan fingerprint density at radius 2 is 1.57 bits per heavy atom. The lowest BCUT2D eigenvalue weighted by Gasteiger charge is -2.39. The number of imide groups is 1. The highest BCUT2D eigenvalue weighted by atomic mass is 32.1. The SMILES string of the molecule is NC(=O)CCC(NC(=O)[C@@H]1CC[C@@H]2CCN(C(=O)CCCCCC#Cc3cccc4c3CN(C3CCC(=O)NC3=O)C4=O)C[C@H](NC(=O)c3cc4cc(C(F)(F)P(=O)(O)O)ccc4s3)C(=O)N21)C(=O)NC(c1ccccc1)c1ccccc1. The summed E-state index contributed by atoms with van der Waals surface area (Å²) in [6, 6.07) is 21.7. The van der Waals surface area contributed by atoms with Crippen molar-refractivity contribution >= 4 is 82.2 Å². The van der Waals surface area contributed by atoms with Crippen LogP contribution in [0.1, 0.15) is 131 Å². The van der Waals surface area contributed by atoms with Gasteiger partial charge in [-0.25, -0.2) is 0 Å². The molecule has 3 saturated heterocycles. The maximum atomic E-state index is 15.0. The molecule has 3 fully saturated rings. The minimum atomic E-state index is -5.92. The lowest BCUT2D eigenvalue weighted by molar-refractivity contribution is -0.145. The van der Waals surface area contributed by atoms with Crippen LogP contribution in [0.3, 0.4) is 0 Å². The van der Waals surface area contributed by atoms with Gasteiger partial charge in [0.05, 0.1) is 10.9 Å². The Bertz CT molecular complexity index is 3440. The predicted octanol–water partition coefficient (Wildman–Crippen LogP) is 5.24. The number of alkyl halides is 2. The molecule has 434 valence electrons. The average molecular weight is 1180 g/mol. The number of amides is 9. The molecule has 9 rings (SSSR count). The summed E-state index contributed by atoms with van der Waals surface area (Å²) in [5.41, 5.74) is 3.34. The molecule has 4 aliphatic heterocycles. The number of nitrogens with two attached hydrogens (primary N) is 1. The van der Waals surface area contributed by atoms with E-state index < -0.39 is 90.5 Å². The highest BCUT2D eigenvalue weighted by molar-refractivity contribution is 7.52. The van der Waals surface area contributed by atoms with Gasteiger partial charge in [-0.15, -0.1) is 11.3 Å². The number of nitrogens with zero attached hydrogens (tertiary/aromatic N) is 3. The predicted molar refractivity (Wildman–Crippen MR) is 300 cm³/mol. The molecular weight excluding hydrogens is 1110 g/mol. The maximum Gasteiger partial charge on any atom is 0.399 e. The first-order valence-corrected chi connectivity index (χ1v) is 29.7. The van der Waals surface area contributed by atoms with E-state index in [-0.39, 0.29) is 92.6 Å². The Hall–Kier alpha value is -8.16. The van der Waals surface area contributed by atoms with Crippen LogP contribution in [0.4, 0.5) is 8.78 Å². The van der Waals surface area contributed by atoms with Crippen LogP contribution < -0.4 is 27.0 Å². The van der Waals surface area contributed by atoms with Crippen molar-refractivity contribution < 1.29 is 66.3 Å². The summed E-state index contributed by atoms with van der Waals surface area (Å²) in [6.07, 6.45) is 2.86. The van der Waals surface area contributed by atoms with Crippen LogP contribution in [0, 0.1) is 11.8 Å². The maximum absolute atomic E-state index is 15.0. The van der Waals surface area contributed by atoms with Gasteiger partial charge in [-0.1, -0.05) is 91.1 Å². The fraction of sp³-hybridized carbons (Fsp3) is 0.373. The van der Waals surface area contributed by atoms with E-state index in [1.165, 1.54) is 26.8 Å². The number of unbranched alkanes of at least 4 members (excludes halogenated alkanes) is 3. The molecule has 20 nitrogen and oxygen atoms in total. The molecule has 5 aromatic rings. The lowest BCUT2D eigenvalue weighted by atomic mass is 9.98. The number of hydrogen-bond acceptors (Lipinski definition) is 11. The lowest BCUT2D eigenvalue weighted by Crippen LogP contribution is -2.62. The Morgan fingerprint density at radius 3 is 2.25 bits per heavy atom. The van der Waals surface area contributed by atoms with Gasteiger partial charge in [-0.2, -0.15) is 8.78 Å². The second-order valence-corrected chi connectivity index (χ2v) is 23.8. The molecule has 4 aromatic carbocycles. The number of thiophene rings is 1. The molecule has 1 aromatic heterocycles. The summed E-state index contributed by atoms with van der Waals surface area (Å²) >= 11 is 0.870. The minimum absolute atomic E-state index is 0.0494. The summed E-state index contributed by atoms with van der Waals surface area (Å²) < 4.78 is 41.5. The second-order valence-electron chi connectivity index (χ2n) is 21.0. The summed E-state index contributed by atoms with van der Waals surface area (Å²) in [5.74, 6) is 1.26. The number of hydrogen-bond donors (Lipinski definition) is 7. The quantitative estimate of drug-likeness (QED) is 0.0242. The molecule has 0 spiro atoms. The van der Waals surface area contributed by atoms with Gasteiger partial charge >= 0.3 is 13.3 Å². The number of carbonyl (C=O) groups is 9. The molecule has 9 amide bonds. The van der Waals surface area contributed by atoms with Crippen molar-refractivity contribution in [2.24, 2.45) is 5.73 Å². The zero-order valence-corrected chi connectivity index (χ0v) is 46.6. The van der Waals surface area contributed by atoms with Crippen LogP contribution in [0.15, 0.2) is 103 Å². The van der Waals surface area contributed by atoms with E-state index in [1.54, 1.807) is 18.2 Å². The third kappa shape index (κ3) is 13.5. The number of piperidine rings is 1. The third-order valence-corrected chi connectivity index (χ3v) is 17.6. The van der Waals surface area contributed by atoms with Crippen molar-refractivity contribution in [2.75, 3.05) is 13.1 Å². The number of primary amides is 1. The molecular formula is C59H61F2N8O12PS. The van der Waals surface area contributed by atoms with Crippen molar-refractivity contribution in [3.63, 3.8) is 0 Å². The second kappa shape index (κ2) is 25.5. The number of nitrogens with one attached hydrogen (secondary N) is 4. The van der Waals surface area contributed by atoms with E-state index in [2.05, 4.69) is 33.1 Å². The minimum Gasteiger partial charge on any atom is -0.370 e. The molecule has 0 aliphatic carbocycles. The van der Waals surface area contributed by atoms with Crippen LogP contribution >= 0.6 is 18.9 Å². The van der Waals surface area contributed by atoms with Gasteiger partial charge in [-0.05, 0) is 97.4 Å². The molecule has 2 unspecified atom stereocenters. The number of carbonyl (C=O) groups excluding carboxylic acids is 9. The van der Waals surface area contributed by atoms with E-state index in [0.29, 0.717) is 53.5 Å². The Kier molecular flexibility index (Phi) is 18.3. The van der Waals surface area contributed by atoms with Crippen molar-refractivity contribution in [2.45, 2.75) is 126 Å². The van der Waals surface area contributed by atoms with Crippen molar-refractivity contribution in [3.8, 4) is 11.8 Å². The van der Waals surface area contributed by atoms with E-state index >= 15 is 4.79 Å². The molecule has 0 radical (unpaired) electrons. The highest BCUT2D eigenvalue weighted by Crippen LogP contribution is 2.59. The molecule has 5 atom stereocenters. The van der Waals surface area contributed by atoms with Gasteiger partial charge in [0, 0.05) is 72.7 Å². The van der Waals surface area contributed by atoms with Crippen LogP contribution in [-0.4, -0.2) is 121 Å². The van der Waals surface area contributed by atoms with Crippen LogP contribution in [0.5, 0.6) is 0 Å². The topological polar surface area (TPSA) is 295 Å². The van der Waals surface area contributed by atoms with Crippen molar-refractivity contribution in [1.82, 2.24) is 36.0 Å². The summed E-state index contributed by atoms with van der Waals surface area (Å²) in [4.78, 5) is 145. The summed E-state index contributed by atoms with van der Waals surface area (Å²) in [5, 5.41) is 10.9. The van der Waals surface area contributed by atoms with Crippen LogP contribution in [0.25, 0.3) is 10.1 Å². The third-order valence-electron chi connectivity index (χ3n) is 15.5. The van der Waals surface area contributed by atoms with Crippen LogP contribution in [-0.2, 0) is 50.3 Å². The van der Waals surface area contributed by atoms with Gasteiger partial charge < -0.3 is 46.2 Å². The summed E-state index contributed by atoms with van der Waals surface area (Å²) in [7, 11) is -5.92. The fourth-order valence-corrected chi connectivity index (χ4v) is 12.5. The first kappa shape index (κ1) is 59.5. The van der Waals surface area contributed by atoms with Gasteiger partial charge in [0.2, 0.25) is 41.4 Å². The molecule has 5 heterocycles. The smallest absolute Gasteiger partial charge is 0.370 e. The standard InChI is InChI=1S/C59H61F2N8O12PS/c60-59(61,82(79,80)81)39-21-26-47-38(31-39)32-48(83-47)56(76)64-44-34-67(51(72)20-11-3-1-2-6-13-35-18-12-19-41-42(35)33-68(57(41)77)45-25-28-50(71)65-54(45)74)30-29-40-22-24-46(69(40)58(44)78)55(75)63-43(23-27-49(62)70)53(73)66-52(36-14-7-4-8-15-36)37-16-9-5-10-17-37/h4-5,7-10,12,14-19,21,26,31-32,40,43-46,52H,1-3,11,20,22-25,27-30,33-34H2,(H2,62,70)(H,63,75)(H,64,76)(H,66,73)(H,65,71,74)(H2,79,80,81)/t40-,43?,44+,45?,46+/m1/s1. The van der Waals surface area contributed by atoms with E-state index in [4.69, 9.17) is 5.73 Å². The average Bonchev–Trinajstić information content (AvgIpc) is 4.43. The van der Waals surface area contributed by atoms with Gasteiger partial charge in [-0.3, -0.25) is 53.0 Å². The van der Waals surface area contributed by atoms with Crippen LogP contribution in [0.2, 0.25) is 0 Å². The van der Waals surface area contributed by atoms with Gasteiger partial charge in [0.15, 0.2) is 0 Å². The summed E-state index contributed by atoms with van der Waals surface area (Å²) in [6.45, 7) is -0.000729. The highest BCUT2D eigenvalue weighted by Gasteiger charge is 2.51. The number of halogens is 2. The zero-order chi connectivity index (χ0) is 59.2. The monoisotopic (exact) mass is 1170 g/mol. The molecule has 8 N–H and O–H groups in total. The zero-order valence-electron chi connectivity index (χ0n) is 44.9. The number of rotatable bonds is 19. The number of fused-ring (bicyclic) bond motifs is 3. The first-order chi connectivity index (χ1) is 39.7. The fourth-order valence-electron chi connectivity index (χ4n) is 11.1. The molecule has 83 heavy (non-hydrogen) atoms. The number of benzene rings is 4. The normalized spacial score (nSPS) is 19.5. The van der Waals surface area contributed by atoms with E-state index in [9.17, 15) is 61.5 Å². The molecule has 0 saturated carbocycles. The molecule has 4 aliphatic rings. The first-order valence-electron chi connectivity index (χ1n) is 27.3. The Balaban J connectivity index is 0.888. The Labute approximate surface area is 480 Å². The van der Waals surface area contributed by atoms with Gasteiger partial charge in [0.1, 0.15) is 24.2 Å². The largest absolute Gasteiger partial charge is 0.399 e. The van der Waals surface area contributed by atoms with E-state index in [0.717, 1.165) is 34.6 Å².